The van der Waals surface area contributed by atoms with Crippen LogP contribution in [0.15, 0.2) is 18.2 Å². The Kier molecular flexibility index (Phi) is 4.22. The molecule has 0 bridgehead atoms. The van der Waals surface area contributed by atoms with Crippen molar-refractivity contribution in [3.8, 4) is 6.07 Å². The van der Waals surface area contributed by atoms with E-state index in [9.17, 15) is 5.11 Å². The maximum Gasteiger partial charge on any atom is 0.0992 e. The molecule has 96 valence electrons. The van der Waals surface area contributed by atoms with Crippen LogP contribution in [0, 0.1) is 11.3 Å². The summed E-state index contributed by atoms with van der Waals surface area (Å²) in [5.74, 6) is 0. The van der Waals surface area contributed by atoms with Crippen LogP contribution in [0.5, 0.6) is 0 Å². The van der Waals surface area contributed by atoms with E-state index in [4.69, 9.17) is 5.26 Å². The molecule has 0 saturated carbocycles. The summed E-state index contributed by atoms with van der Waals surface area (Å²) in [7, 11) is 0. The predicted octanol–water partition coefficient (Wildman–Crippen LogP) is 2.99. The molecule has 0 aromatic heterocycles. The molecule has 0 amide bonds. The van der Waals surface area contributed by atoms with Crippen molar-refractivity contribution in [2.24, 2.45) is 0 Å². The van der Waals surface area contributed by atoms with Gasteiger partial charge in [-0.05, 0) is 31.9 Å². The van der Waals surface area contributed by atoms with Crippen LogP contribution in [0.2, 0.25) is 0 Å². The Morgan fingerprint density at radius 1 is 1.22 bits per heavy atom. The summed E-state index contributed by atoms with van der Waals surface area (Å²) in [5.41, 5.74) is 2.63. The van der Waals surface area contributed by atoms with Crippen LogP contribution < -0.4 is 4.90 Å². The van der Waals surface area contributed by atoms with Gasteiger partial charge in [0.1, 0.15) is 0 Å². The zero-order valence-corrected chi connectivity index (χ0v) is 10.9. The normalized spacial score (nSPS) is 17.9. The number of benzene rings is 1. The number of nitrogens with zero attached hydrogens (tertiary/aromatic N) is 2. The Balaban J connectivity index is 2.36. The zero-order chi connectivity index (χ0) is 13.0. The third-order valence-corrected chi connectivity index (χ3v) is 3.56. The number of anilines is 1. The third-order valence-electron chi connectivity index (χ3n) is 3.56. The molecular weight excluding hydrogens is 224 g/mol. The average Bonchev–Trinajstić information content (AvgIpc) is 2.66. The molecule has 0 unspecified atom stereocenters. The molecule has 1 saturated heterocycles. The van der Waals surface area contributed by atoms with Gasteiger partial charge in [0.05, 0.1) is 17.7 Å². The van der Waals surface area contributed by atoms with Crippen molar-refractivity contribution in [3.63, 3.8) is 0 Å². The molecule has 1 fully saturated rings. The van der Waals surface area contributed by atoms with Crippen LogP contribution in [-0.2, 0) is 0 Å². The lowest BCUT2D eigenvalue weighted by Crippen LogP contribution is -2.25. The molecule has 2 rings (SSSR count). The molecule has 1 aromatic carbocycles. The maximum absolute atomic E-state index is 9.86. The first kappa shape index (κ1) is 12.9. The summed E-state index contributed by atoms with van der Waals surface area (Å²) in [4.78, 5) is 2.32. The number of hydrogen-bond donors (Lipinski definition) is 1. The van der Waals surface area contributed by atoms with Crippen molar-refractivity contribution >= 4 is 5.69 Å². The first-order chi connectivity index (χ1) is 8.72. The highest BCUT2D eigenvalue weighted by molar-refractivity contribution is 5.58. The molecule has 1 atom stereocenters. The van der Waals surface area contributed by atoms with Crippen molar-refractivity contribution in [3.05, 3.63) is 29.3 Å². The van der Waals surface area contributed by atoms with Crippen LogP contribution in [0.1, 0.15) is 49.8 Å². The molecule has 1 N–H and O–H groups in total. The minimum atomic E-state index is -0.490. The number of nitriles is 1. The Morgan fingerprint density at radius 2 is 1.89 bits per heavy atom. The second kappa shape index (κ2) is 5.88. The highest BCUT2D eigenvalue weighted by Gasteiger charge is 2.16. The van der Waals surface area contributed by atoms with Crippen LogP contribution in [-0.4, -0.2) is 18.2 Å². The highest BCUT2D eigenvalue weighted by Crippen LogP contribution is 2.29. The van der Waals surface area contributed by atoms with E-state index in [1.54, 1.807) is 13.0 Å². The first-order valence-corrected chi connectivity index (χ1v) is 6.69. The summed E-state index contributed by atoms with van der Waals surface area (Å²) < 4.78 is 0. The van der Waals surface area contributed by atoms with E-state index in [0.717, 1.165) is 24.3 Å². The number of rotatable bonds is 2. The zero-order valence-electron chi connectivity index (χ0n) is 10.9. The Hall–Kier alpha value is -1.53. The molecule has 18 heavy (non-hydrogen) atoms. The third kappa shape index (κ3) is 2.83. The van der Waals surface area contributed by atoms with Gasteiger partial charge in [-0.25, -0.2) is 0 Å². The molecule has 0 spiro atoms. The fraction of sp³-hybridized carbons (Fsp3) is 0.533. The second-order valence-corrected chi connectivity index (χ2v) is 4.96. The van der Waals surface area contributed by atoms with Crippen molar-refractivity contribution < 1.29 is 5.11 Å². The van der Waals surface area contributed by atoms with Crippen LogP contribution in [0.4, 0.5) is 5.69 Å². The largest absolute Gasteiger partial charge is 0.389 e. The average molecular weight is 244 g/mol. The Bertz CT molecular complexity index is 440. The Labute approximate surface area is 109 Å². The van der Waals surface area contributed by atoms with Gasteiger partial charge in [-0.2, -0.15) is 5.26 Å². The second-order valence-electron chi connectivity index (χ2n) is 4.96. The van der Waals surface area contributed by atoms with Gasteiger partial charge in [-0.15, -0.1) is 0 Å². The van der Waals surface area contributed by atoms with E-state index in [1.807, 2.05) is 12.1 Å². The van der Waals surface area contributed by atoms with E-state index in [1.165, 1.54) is 25.7 Å². The van der Waals surface area contributed by atoms with Gasteiger partial charge in [0, 0.05) is 24.3 Å². The Morgan fingerprint density at radius 3 is 2.44 bits per heavy atom. The lowest BCUT2D eigenvalue weighted by atomic mass is 10.0. The van der Waals surface area contributed by atoms with E-state index >= 15 is 0 Å². The van der Waals surface area contributed by atoms with Crippen molar-refractivity contribution in [1.29, 1.82) is 5.26 Å². The summed E-state index contributed by atoms with van der Waals surface area (Å²) in [6.07, 6.45) is 4.44. The summed E-state index contributed by atoms with van der Waals surface area (Å²) in [5, 5.41) is 18.9. The molecule has 0 aliphatic carbocycles. The van der Waals surface area contributed by atoms with Crippen LogP contribution in [0.3, 0.4) is 0 Å². The van der Waals surface area contributed by atoms with Crippen LogP contribution >= 0.6 is 0 Å². The number of aliphatic hydroxyl groups is 1. The van der Waals surface area contributed by atoms with Gasteiger partial charge in [0.25, 0.3) is 0 Å². The molecule has 1 aromatic rings. The minimum Gasteiger partial charge on any atom is -0.389 e. The van der Waals surface area contributed by atoms with Gasteiger partial charge in [-0.1, -0.05) is 18.9 Å². The SMILES string of the molecule is C[C@@H](O)c1ccc(C#N)cc1N1CCCCCC1. The van der Waals surface area contributed by atoms with Crippen LogP contribution in [0.25, 0.3) is 0 Å². The summed E-state index contributed by atoms with van der Waals surface area (Å²) >= 11 is 0. The molecule has 1 aliphatic rings. The molecule has 3 nitrogen and oxygen atoms in total. The molecule has 1 aliphatic heterocycles. The molecular formula is C15H20N2O. The van der Waals surface area contributed by atoms with E-state index in [-0.39, 0.29) is 0 Å². The summed E-state index contributed by atoms with van der Waals surface area (Å²) in [6.45, 7) is 3.83. The lowest BCUT2D eigenvalue weighted by molar-refractivity contribution is 0.199. The molecule has 0 radical (unpaired) electrons. The van der Waals surface area contributed by atoms with Crippen molar-refractivity contribution in [2.45, 2.75) is 38.7 Å². The lowest BCUT2D eigenvalue weighted by Gasteiger charge is -2.26. The molecule has 1 heterocycles. The smallest absolute Gasteiger partial charge is 0.0992 e. The van der Waals surface area contributed by atoms with Gasteiger partial charge < -0.3 is 10.0 Å². The quantitative estimate of drug-likeness (QED) is 0.870. The van der Waals surface area contributed by atoms with Crippen molar-refractivity contribution in [1.82, 2.24) is 0 Å². The fourth-order valence-corrected chi connectivity index (χ4v) is 2.55. The number of aliphatic hydroxyl groups excluding tert-OH is 1. The van der Waals surface area contributed by atoms with Gasteiger partial charge in [0.15, 0.2) is 0 Å². The maximum atomic E-state index is 9.86. The van der Waals surface area contributed by atoms with Gasteiger partial charge >= 0.3 is 0 Å². The highest BCUT2D eigenvalue weighted by atomic mass is 16.3. The first-order valence-electron chi connectivity index (χ1n) is 6.69. The predicted molar refractivity (Wildman–Crippen MR) is 72.5 cm³/mol. The van der Waals surface area contributed by atoms with E-state index in [0.29, 0.717) is 5.56 Å². The monoisotopic (exact) mass is 244 g/mol. The fourth-order valence-electron chi connectivity index (χ4n) is 2.55. The van der Waals surface area contributed by atoms with Gasteiger partial charge in [-0.3, -0.25) is 0 Å². The van der Waals surface area contributed by atoms with E-state index < -0.39 is 6.10 Å². The number of hydrogen-bond acceptors (Lipinski definition) is 3. The topological polar surface area (TPSA) is 47.3 Å². The standard InChI is InChI=1S/C15H20N2O/c1-12(18)14-7-6-13(11-16)10-15(14)17-8-4-2-3-5-9-17/h6-7,10,12,18H,2-5,8-9H2,1H3/t12-/m1/s1. The molecule has 3 heteroatoms. The van der Waals surface area contributed by atoms with E-state index in [2.05, 4.69) is 11.0 Å². The minimum absolute atomic E-state index is 0.490. The van der Waals surface area contributed by atoms with Gasteiger partial charge in [0.2, 0.25) is 0 Å². The van der Waals surface area contributed by atoms with Crippen molar-refractivity contribution in [2.75, 3.05) is 18.0 Å². The summed E-state index contributed by atoms with van der Waals surface area (Å²) in [6, 6.07) is 7.75.